The van der Waals surface area contributed by atoms with Crippen molar-refractivity contribution in [2.45, 2.75) is 32.2 Å². The molecule has 0 saturated heterocycles. The van der Waals surface area contributed by atoms with Crippen molar-refractivity contribution in [1.82, 2.24) is 10.6 Å². The van der Waals surface area contributed by atoms with Gasteiger partial charge in [-0.15, -0.1) is 0 Å². The second-order valence-electron chi connectivity index (χ2n) is 6.35. The van der Waals surface area contributed by atoms with Crippen molar-refractivity contribution in [3.05, 3.63) is 65.2 Å². The van der Waals surface area contributed by atoms with Crippen LogP contribution in [0.1, 0.15) is 47.3 Å². The Bertz CT molecular complexity index is 771. The summed E-state index contributed by atoms with van der Waals surface area (Å²) in [6.07, 6.45) is 3.03. The molecule has 2 N–H and O–H groups in total. The van der Waals surface area contributed by atoms with Gasteiger partial charge in [-0.2, -0.15) is 0 Å². The molecule has 1 aliphatic carbocycles. The maximum absolute atomic E-state index is 12.3. The summed E-state index contributed by atoms with van der Waals surface area (Å²) in [4.78, 5) is 24.4. The van der Waals surface area contributed by atoms with Gasteiger partial charge in [0.05, 0.1) is 19.2 Å². The van der Waals surface area contributed by atoms with Gasteiger partial charge in [-0.3, -0.25) is 9.59 Å². The third kappa shape index (κ3) is 4.42. The first-order valence-electron chi connectivity index (χ1n) is 9.05. The Morgan fingerprint density at radius 3 is 2.65 bits per heavy atom. The fourth-order valence-corrected chi connectivity index (χ4v) is 3.28. The summed E-state index contributed by atoms with van der Waals surface area (Å²) in [5.74, 6) is 0.274. The number of nitrogens with one attached hydrogen (secondary N) is 2. The topological polar surface area (TPSA) is 67.4 Å². The second kappa shape index (κ2) is 8.52. The Hall–Kier alpha value is -2.82. The molecule has 0 fully saturated rings. The summed E-state index contributed by atoms with van der Waals surface area (Å²) in [5, 5.41) is 5.71. The van der Waals surface area contributed by atoms with Crippen LogP contribution >= 0.6 is 0 Å². The van der Waals surface area contributed by atoms with Gasteiger partial charge in [-0.25, -0.2) is 0 Å². The molecule has 0 spiro atoms. The van der Waals surface area contributed by atoms with Crippen LogP contribution < -0.4 is 15.4 Å². The number of rotatable bonds is 6. The largest absolute Gasteiger partial charge is 0.494 e. The quantitative estimate of drug-likeness (QED) is 0.840. The van der Waals surface area contributed by atoms with Crippen LogP contribution in [-0.2, 0) is 11.2 Å². The van der Waals surface area contributed by atoms with Gasteiger partial charge in [0.15, 0.2) is 0 Å². The van der Waals surface area contributed by atoms with Gasteiger partial charge in [-0.1, -0.05) is 24.3 Å². The summed E-state index contributed by atoms with van der Waals surface area (Å²) >= 11 is 0. The molecule has 5 nitrogen and oxygen atoms in total. The predicted molar refractivity (Wildman–Crippen MR) is 100 cm³/mol. The zero-order chi connectivity index (χ0) is 18.4. The lowest BCUT2D eigenvalue weighted by molar-refractivity contribution is -0.121. The van der Waals surface area contributed by atoms with E-state index in [2.05, 4.69) is 22.8 Å². The lowest BCUT2D eigenvalue weighted by Crippen LogP contribution is -2.39. The molecule has 2 aromatic carbocycles. The Morgan fingerprint density at radius 1 is 1.12 bits per heavy atom. The molecule has 1 atom stereocenters. The summed E-state index contributed by atoms with van der Waals surface area (Å²) in [6, 6.07) is 15.1. The maximum Gasteiger partial charge on any atom is 0.251 e. The van der Waals surface area contributed by atoms with Crippen LogP contribution in [0, 0.1) is 0 Å². The van der Waals surface area contributed by atoms with Crippen molar-refractivity contribution in [3.63, 3.8) is 0 Å². The van der Waals surface area contributed by atoms with E-state index in [0.717, 1.165) is 25.0 Å². The standard InChI is InChI=1S/C21H24N2O3/c1-2-26-17-12-10-16(11-13-17)21(25)22-14-20(24)23-19-9-5-7-15-6-3-4-8-18(15)19/h3-4,6,8,10-13,19H,2,5,7,9,14H2,1H3,(H,22,25)(H,23,24). The van der Waals surface area contributed by atoms with Crippen LogP contribution in [0.5, 0.6) is 5.75 Å². The molecule has 0 heterocycles. The van der Waals surface area contributed by atoms with Crippen molar-refractivity contribution < 1.29 is 14.3 Å². The van der Waals surface area contributed by atoms with Crippen molar-refractivity contribution in [2.24, 2.45) is 0 Å². The molecule has 0 aliphatic heterocycles. The van der Waals surface area contributed by atoms with Gasteiger partial charge in [-0.05, 0) is 61.6 Å². The lowest BCUT2D eigenvalue weighted by Gasteiger charge is -2.26. The number of aryl methyl sites for hydroxylation is 1. The van der Waals surface area contributed by atoms with Crippen LogP contribution in [-0.4, -0.2) is 25.0 Å². The normalized spacial score (nSPS) is 15.7. The molecule has 136 valence electrons. The number of hydrogen-bond acceptors (Lipinski definition) is 3. The minimum absolute atomic E-state index is 0.0230. The lowest BCUT2D eigenvalue weighted by atomic mass is 9.88. The number of amides is 2. The molecule has 0 radical (unpaired) electrons. The van der Waals surface area contributed by atoms with Crippen molar-refractivity contribution in [1.29, 1.82) is 0 Å². The number of fused-ring (bicyclic) bond motifs is 1. The van der Waals surface area contributed by atoms with E-state index in [-0.39, 0.29) is 24.4 Å². The Labute approximate surface area is 153 Å². The van der Waals surface area contributed by atoms with Crippen LogP contribution in [0.2, 0.25) is 0 Å². The van der Waals surface area contributed by atoms with Gasteiger partial charge < -0.3 is 15.4 Å². The first-order chi connectivity index (χ1) is 12.7. The van der Waals surface area contributed by atoms with E-state index in [9.17, 15) is 9.59 Å². The fraction of sp³-hybridized carbons (Fsp3) is 0.333. The van der Waals surface area contributed by atoms with Crippen LogP contribution in [0.3, 0.4) is 0 Å². The van der Waals surface area contributed by atoms with Crippen LogP contribution in [0.15, 0.2) is 48.5 Å². The molecule has 3 rings (SSSR count). The van der Waals surface area contributed by atoms with E-state index < -0.39 is 0 Å². The Balaban J connectivity index is 1.52. The molecule has 2 aromatic rings. The highest BCUT2D eigenvalue weighted by Gasteiger charge is 2.21. The van der Waals surface area contributed by atoms with Gasteiger partial charge in [0.1, 0.15) is 5.75 Å². The monoisotopic (exact) mass is 352 g/mol. The predicted octanol–water partition coefficient (Wildman–Crippen LogP) is 3.01. The number of benzene rings is 2. The van der Waals surface area contributed by atoms with E-state index in [1.807, 2.05) is 19.1 Å². The van der Waals surface area contributed by atoms with E-state index in [0.29, 0.717) is 12.2 Å². The average Bonchev–Trinajstić information content (AvgIpc) is 2.67. The minimum atomic E-state index is -0.271. The molecule has 0 saturated carbocycles. The highest BCUT2D eigenvalue weighted by atomic mass is 16.5. The molecule has 5 heteroatoms. The Morgan fingerprint density at radius 2 is 1.88 bits per heavy atom. The fourth-order valence-electron chi connectivity index (χ4n) is 3.28. The molecule has 26 heavy (non-hydrogen) atoms. The number of ether oxygens (including phenoxy) is 1. The van der Waals surface area contributed by atoms with Crippen LogP contribution in [0.25, 0.3) is 0 Å². The molecular weight excluding hydrogens is 328 g/mol. The molecular formula is C21H24N2O3. The first-order valence-corrected chi connectivity index (χ1v) is 9.05. The average molecular weight is 352 g/mol. The van der Waals surface area contributed by atoms with Crippen molar-refractivity contribution in [3.8, 4) is 5.75 Å². The summed E-state index contributed by atoms with van der Waals surface area (Å²) < 4.78 is 5.36. The third-order valence-electron chi connectivity index (χ3n) is 4.54. The molecule has 1 aliphatic rings. The zero-order valence-electron chi connectivity index (χ0n) is 15.0. The smallest absolute Gasteiger partial charge is 0.251 e. The van der Waals surface area contributed by atoms with Crippen LogP contribution in [0.4, 0.5) is 0 Å². The summed E-state index contributed by atoms with van der Waals surface area (Å²) in [6.45, 7) is 2.45. The molecule has 1 unspecified atom stereocenters. The van der Waals surface area contributed by atoms with Gasteiger partial charge in [0.2, 0.25) is 5.91 Å². The van der Waals surface area contributed by atoms with Gasteiger partial charge in [0.25, 0.3) is 5.91 Å². The van der Waals surface area contributed by atoms with Crippen molar-refractivity contribution >= 4 is 11.8 Å². The summed E-state index contributed by atoms with van der Waals surface area (Å²) in [7, 11) is 0. The third-order valence-corrected chi connectivity index (χ3v) is 4.54. The maximum atomic E-state index is 12.3. The second-order valence-corrected chi connectivity index (χ2v) is 6.35. The number of hydrogen-bond donors (Lipinski definition) is 2. The highest BCUT2D eigenvalue weighted by molar-refractivity contribution is 5.96. The van der Waals surface area contributed by atoms with E-state index >= 15 is 0 Å². The number of carbonyl (C=O) groups is 2. The first kappa shape index (κ1) is 18.0. The molecule has 2 amide bonds. The minimum Gasteiger partial charge on any atom is -0.494 e. The van der Waals surface area contributed by atoms with E-state index in [1.165, 1.54) is 11.1 Å². The zero-order valence-corrected chi connectivity index (χ0v) is 15.0. The van der Waals surface area contributed by atoms with E-state index in [4.69, 9.17) is 4.74 Å². The van der Waals surface area contributed by atoms with Gasteiger partial charge in [0, 0.05) is 5.56 Å². The van der Waals surface area contributed by atoms with Crippen molar-refractivity contribution in [2.75, 3.05) is 13.2 Å². The van der Waals surface area contributed by atoms with Gasteiger partial charge >= 0.3 is 0 Å². The summed E-state index contributed by atoms with van der Waals surface area (Å²) in [5.41, 5.74) is 2.98. The number of carbonyl (C=O) groups excluding carboxylic acids is 2. The van der Waals surface area contributed by atoms with E-state index in [1.54, 1.807) is 24.3 Å². The molecule has 0 bridgehead atoms. The Kier molecular flexibility index (Phi) is 5.89. The molecule has 0 aromatic heterocycles. The SMILES string of the molecule is CCOc1ccc(C(=O)NCC(=O)NC2CCCc3ccccc32)cc1. The highest BCUT2D eigenvalue weighted by Crippen LogP contribution is 2.29.